The first-order chi connectivity index (χ1) is 8.58. The summed E-state index contributed by atoms with van der Waals surface area (Å²) in [6, 6.07) is 10.7. The van der Waals surface area contributed by atoms with E-state index in [1.807, 2.05) is 0 Å². The number of anilines is 1. The molecule has 0 bridgehead atoms. The Morgan fingerprint density at radius 3 is 2.61 bits per heavy atom. The number of ether oxygens (including phenoxy) is 1. The molecular weight excluding hydrogens is 233 g/mol. The number of carbonyl (C=O) groups excluding carboxylic acids is 1. The number of halogens is 1. The van der Waals surface area contributed by atoms with E-state index in [1.54, 1.807) is 24.3 Å². The standard InChI is InChI=1S/C14H12FNO2/c1-9(17)11-8-10(6-7-13(11)16)18-14-5-3-2-4-12(14)15/h2-8H,16H2,1H3. The SMILES string of the molecule is CC(=O)c1cc(Oc2ccccc2F)ccc1N. The number of hydrogen-bond donors (Lipinski definition) is 1. The van der Waals surface area contributed by atoms with Crippen LogP contribution in [0.1, 0.15) is 17.3 Å². The molecule has 4 heteroatoms. The van der Waals surface area contributed by atoms with Crippen LogP contribution in [0.5, 0.6) is 11.5 Å². The zero-order valence-corrected chi connectivity index (χ0v) is 9.81. The van der Waals surface area contributed by atoms with Crippen LogP contribution in [-0.2, 0) is 0 Å². The molecule has 0 aromatic heterocycles. The fourth-order valence-corrected chi connectivity index (χ4v) is 1.56. The normalized spacial score (nSPS) is 10.1. The van der Waals surface area contributed by atoms with E-state index in [4.69, 9.17) is 10.5 Å². The van der Waals surface area contributed by atoms with Crippen molar-refractivity contribution in [2.45, 2.75) is 6.92 Å². The molecule has 0 saturated heterocycles. The topological polar surface area (TPSA) is 52.3 Å². The second-order valence-electron chi connectivity index (χ2n) is 3.84. The lowest BCUT2D eigenvalue weighted by molar-refractivity contribution is 0.101. The van der Waals surface area contributed by atoms with Crippen molar-refractivity contribution in [1.29, 1.82) is 0 Å². The molecule has 0 unspecified atom stereocenters. The third-order valence-electron chi connectivity index (χ3n) is 2.47. The summed E-state index contributed by atoms with van der Waals surface area (Å²) in [4.78, 5) is 11.3. The summed E-state index contributed by atoms with van der Waals surface area (Å²) in [5, 5.41) is 0. The van der Waals surface area contributed by atoms with Crippen LogP contribution >= 0.6 is 0 Å². The smallest absolute Gasteiger partial charge is 0.165 e. The van der Waals surface area contributed by atoms with Gasteiger partial charge in [-0.05, 0) is 37.3 Å². The van der Waals surface area contributed by atoms with E-state index < -0.39 is 5.82 Å². The van der Waals surface area contributed by atoms with Crippen LogP contribution in [0, 0.1) is 5.82 Å². The molecule has 0 atom stereocenters. The fraction of sp³-hybridized carbons (Fsp3) is 0.0714. The van der Waals surface area contributed by atoms with Crippen molar-refractivity contribution in [3.05, 3.63) is 53.8 Å². The first kappa shape index (κ1) is 12.1. The molecule has 2 N–H and O–H groups in total. The summed E-state index contributed by atoms with van der Waals surface area (Å²) in [6.07, 6.45) is 0. The van der Waals surface area contributed by atoms with E-state index in [9.17, 15) is 9.18 Å². The third kappa shape index (κ3) is 2.48. The maximum absolute atomic E-state index is 13.4. The summed E-state index contributed by atoms with van der Waals surface area (Å²) in [5.41, 5.74) is 6.41. The molecule has 3 nitrogen and oxygen atoms in total. The summed E-state index contributed by atoms with van der Waals surface area (Å²) in [5.74, 6) is -0.138. The molecule has 0 heterocycles. The highest BCUT2D eigenvalue weighted by molar-refractivity contribution is 5.99. The quantitative estimate of drug-likeness (QED) is 0.666. The maximum Gasteiger partial charge on any atom is 0.165 e. The fourth-order valence-electron chi connectivity index (χ4n) is 1.56. The summed E-state index contributed by atoms with van der Waals surface area (Å²) in [6.45, 7) is 1.42. The van der Waals surface area contributed by atoms with Gasteiger partial charge in [0.15, 0.2) is 17.3 Å². The van der Waals surface area contributed by atoms with Gasteiger partial charge in [-0.3, -0.25) is 4.79 Å². The Hall–Kier alpha value is -2.36. The zero-order chi connectivity index (χ0) is 13.1. The van der Waals surface area contributed by atoms with Crippen molar-refractivity contribution in [2.75, 3.05) is 5.73 Å². The summed E-state index contributed by atoms with van der Waals surface area (Å²) >= 11 is 0. The van der Waals surface area contributed by atoms with Crippen LogP contribution in [0.4, 0.5) is 10.1 Å². The van der Waals surface area contributed by atoms with Gasteiger partial charge in [0, 0.05) is 11.3 Å². The van der Waals surface area contributed by atoms with E-state index in [-0.39, 0.29) is 11.5 Å². The van der Waals surface area contributed by atoms with E-state index in [1.165, 1.54) is 25.1 Å². The number of benzene rings is 2. The lowest BCUT2D eigenvalue weighted by Crippen LogP contribution is -2.00. The second-order valence-corrected chi connectivity index (χ2v) is 3.84. The van der Waals surface area contributed by atoms with Gasteiger partial charge in [0.2, 0.25) is 0 Å². The average Bonchev–Trinajstić information content (AvgIpc) is 2.34. The van der Waals surface area contributed by atoms with Gasteiger partial charge < -0.3 is 10.5 Å². The molecule has 0 amide bonds. The minimum absolute atomic E-state index is 0.108. The Labute approximate surface area is 104 Å². The van der Waals surface area contributed by atoms with Crippen molar-refractivity contribution in [2.24, 2.45) is 0 Å². The van der Waals surface area contributed by atoms with Gasteiger partial charge in [-0.15, -0.1) is 0 Å². The summed E-state index contributed by atoms with van der Waals surface area (Å²) < 4.78 is 18.8. The number of rotatable bonds is 3. The molecule has 2 rings (SSSR count). The molecule has 0 radical (unpaired) electrons. The Balaban J connectivity index is 2.33. The van der Waals surface area contributed by atoms with Crippen LogP contribution in [0.3, 0.4) is 0 Å². The summed E-state index contributed by atoms with van der Waals surface area (Å²) in [7, 11) is 0. The Morgan fingerprint density at radius 2 is 1.94 bits per heavy atom. The van der Waals surface area contributed by atoms with Crippen molar-refractivity contribution < 1.29 is 13.9 Å². The Kier molecular flexibility index (Phi) is 3.28. The van der Waals surface area contributed by atoms with Gasteiger partial charge in [-0.1, -0.05) is 12.1 Å². The molecule has 0 aliphatic rings. The van der Waals surface area contributed by atoms with Crippen molar-refractivity contribution in [3.63, 3.8) is 0 Å². The van der Waals surface area contributed by atoms with Gasteiger partial charge in [-0.25, -0.2) is 4.39 Å². The Morgan fingerprint density at radius 1 is 1.22 bits per heavy atom. The molecular formula is C14H12FNO2. The average molecular weight is 245 g/mol. The van der Waals surface area contributed by atoms with Gasteiger partial charge >= 0.3 is 0 Å². The number of ketones is 1. The molecule has 18 heavy (non-hydrogen) atoms. The van der Waals surface area contributed by atoms with Gasteiger partial charge in [0.05, 0.1) is 0 Å². The van der Waals surface area contributed by atoms with Crippen LogP contribution in [0.25, 0.3) is 0 Å². The predicted molar refractivity (Wildman–Crippen MR) is 67.3 cm³/mol. The number of para-hydroxylation sites is 1. The molecule has 0 aliphatic carbocycles. The van der Waals surface area contributed by atoms with Crippen molar-refractivity contribution in [3.8, 4) is 11.5 Å². The lowest BCUT2D eigenvalue weighted by Gasteiger charge is -2.09. The van der Waals surface area contributed by atoms with E-state index >= 15 is 0 Å². The van der Waals surface area contributed by atoms with E-state index in [0.29, 0.717) is 17.0 Å². The van der Waals surface area contributed by atoms with E-state index in [2.05, 4.69) is 0 Å². The number of carbonyl (C=O) groups is 1. The van der Waals surface area contributed by atoms with Crippen LogP contribution in [0.2, 0.25) is 0 Å². The second kappa shape index (κ2) is 4.87. The van der Waals surface area contributed by atoms with Crippen LogP contribution < -0.4 is 10.5 Å². The van der Waals surface area contributed by atoms with E-state index in [0.717, 1.165) is 0 Å². The first-order valence-electron chi connectivity index (χ1n) is 5.41. The third-order valence-corrected chi connectivity index (χ3v) is 2.47. The highest BCUT2D eigenvalue weighted by atomic mass is 19.1. The number of hydrogen-bond acceptors (Lipinski definition) is 3. The highest BCUT2D eigenvalue weighted by Gasteiger charge is 2.08. The van der Waals surface area contributed by atoms with Crippen LogP contribution in [0.15, 0.2) is 42.5 Å². The molecule has 92 valence electrons. The molecule has 2 aromatic rings. The Bertz CT molecular complexity index is 596. The highest BCUT2D eigenvalue weighted by Crippen LogP contribution is 2.27. The maximum atomic E-state index is 13.4. The molecule has 0 spiro atoms. The molecule has 2 aromatic carbocycles. The monoisotopic (exact) mass is 245 g/mol. The number of nitrogens with two attached hydrogens (primary N) is 1. The predicted octanol–water partition coefficient (Wildman–Crippen LogP) is 3.40. The van der Waals surface area contributed by atoms with Gasteiger partial charge in [0.25, 0.3) is 0 Å². The largest absolute Gasteiger partial charge is 0.454 e. The van der Waals surface area contributed by atoms with Gasteiger partial charge in [0.1, 0.15) is 5.75 Å². The van der Waals surface area contributed by atoms with Crippen LogP contribution in [-0.4, -0.2) is 5.78 Å². The number of nitrogen functional groups attached to an aromatic ring is 1. The molecule has 0 fully saturated rings. The molecule has 0 saturated carbocycles. The van der Waals surface area contributed by atoms with Crippen molar-refractivity contribution in [1.82, 2.24) is 0 Å². The minimum Gasteiger partial charge on any atom is -0.454 e. The van der Waals surface area contributed by atoms with Gasteiger partial charge in [-0.2, -0.15) is 0 Å². The lowest BCUT2D eigenvalue weighted by atomic mass is 10.1. The first-order valence-corrected chi connectivity index (χ1v) is 5.41. The minimum atomic E-state index is -0.460. The molecule has 0 aliphatic heterocycles. The van der Waals surface area contributed by atoms with Crippen molar-refractivity contribution >= 4 is 11.5 Å². The zero-order valence-electron chi connectivity index (χ0n) is 9.81. The number of Topliss-reactive ketones (excluding diaryl/α,β-unsaturated/α-hetero) is 1.